The van der Waals surface area contributed by atoms with Crippen molar-refractivity contribution in [2.75, 3.05) is 22.4 Å². The van der Waals surface area contributed by atoms with Gasteiger partial charge in [-0.3, -0.25) is 9.10 Å². The number of nitrogens with zero attached hydrogens (tertiary/aromatic N) is 1. The second-order valence-electron chi connectivity index (χ2n) is 5.30. The van der Waals surface area contributed by atoms with E-state index in [9.17, 15) is 17.6 Å². The first kappa shape index (κ1) is 17.9. The smallest absolute Gasteiger partial charge is 0.232 e. The van der Waals surface area contributed by atoms with E-state index in [4.69, 9.17) is 0 Å². The highest BCUT2D eigenvalue weighted by molar-refractivity contribution is 7.92. The maximum absolute atomic E-state index is 13.9. The lowest BCUT2D eigenvalue weighted by molar-refractivity contribution is -0.116. The Morgan fingerprint density at radius 1 is 1.08 bits per heavy atom. The van der Waals surface area contributed by atoms with Gasteiger partial charge in [-0.2, -0.15) is 0 Å². The molecule has 0 radical (unpaired) electrons. The number of para-hydroxylation sites is 2. The summed E-state index contributed by atoms with van der Waals surface area (Å²) in [5.74, 6) is -0.833. The Kier molecular flexibility index (Phi) is 5.92. The Bertz CT molecular complexity index is 794. The molecule has 2 aromatic carbocycles. The molecule has 0 aliphatic rings. The Morgan fingerprint density at radius 2 is 1.71 bits per heavy atom. The summed E-state index contributed by atoms with van der Waals surface area (Å²) < 4.78 is 38.7. The van der Waals surface area contributed by atoms with Crippen LogP contribution in [0.2, 0.25) is 0 Å². The molecule has 2 rings (SSSR count). The Hall–Kier alpha value is -2.41. The van der Waals surface area contributed by atoms with Crippen molar-refractivity contribution in [2.24, 2.45) is 0 Å². The molecule has 0 saturated carbocycles. The van der Waals surface area contributed by atoms with Gasteiger partial charge in [-0.1, -0.05) is 30.3 Å². The van der Waals surface area contributed by atoms with Crippen molar-refractivity contribution >= 4 is 27.3 Å². The molecule has 5 nitrogen and oxygen atoms in total. The first-order valence-electron chi connectivity index (χ1n) is 7.45. The molecule has 0 aliphatic carbocycles. The molecule has 0 spiro atoms. The van der Waals surface area contributed by atoms with Crippen LogP contribution in [0.15, 0.2) is 54.6 Å². The summed E-state index contributed by atoms with van der Waals surface area (Å²) in [6.07, 6.45) is 1.43. The zero-order chi connectivity index (χ0) is 17.6. The van der Waals surface area contributed by atoms with Gasteiger partial charge in [-0.15, -0.1) is 0 Å². The van der Waals surface area contributed by atoms with Crippen molar-refractivity contribution in [3.05, 3.63) is 60.4 Å². The van der Waals surface area contributed by atoms with Gasteiger partial charge in [0.15, 0.2) is 0 Å². The highest BCUT2D eigenvalue weighted by atomic mass is 32.2. The summed E-state index contributed by atoms with van der Waals surface area (Å²) in [4.78, 5) is 11.9. The molecule has 0 aromatic heterocycles. The number of halogens is 1. The fraction of sp³-hybridized carbons (Fsp3) is 0.235. The van der Waals surface area contributed by atoms with Gasteiger partial charge >= 0.3 is 0 Å². The lowest BCUT2D eigenvalue weighted by Gasteiger charge is -2.22. The van der Waals surface area contributed by atoms with E-state index in [-0.39, 0.29) is 31.0 Å². The number of hydrogen-bond acceptors (Lipinski definition) is 3. The van der Waals surface area contributed by atoms with Crippen molar-refractivity contribution in [3.8, 4) is 0 Å². The zero-order valence-electron chi connectivity index (χ0n) is 13.3. The zero-order valence-corrected chi connectivity index (χ0v) is 14.1. The molecule has 0 bridgehead atoms. The maximum Gasteiger partial charge on any atom is 0.232 e. The van der Waals surface area contributed by atoms with Crippen molar-refractivity contribution in [3.63, 3.8) is 0 Å². The summed E-state index contributed by atoms with van der Waals surface area (Å²) in [5, 5.41) is 2.72. The van der Waals surface area contributed by atoms with Crippen LogP contribution in [0, 0.1) is 5.82 Å². The van der Waals surface area contributed by atoms with Crippen LogP contribution in [-0.2, 0) is 14.8 Å². The van der Waals surface area contributed by atoms with Crippen LogP contribution in [0.3, 0.4) is 0 Å². The van der Waals surface area contributed by atoms with Gasteiger partial charge in [-0.25, -0.2) is 12.8 Å². The summed E-state index contributed by atoms with van der Waals surface area (Å²) >= 11 is 0. The lowest BCUT2D eigenvalue weighted by Crippen LogP contribution is -2.32. The minimum absolute atomic E-state index is 0.0107. The molecule has 1 amide bonds. The third kappa shape index (κ3) is 5.06. The van der Waals surface area contributed by atoms with E-state index in [1.54, 1.807) is 30.3 Å². The molecule has 2 aromatic rings. The van der Waals surface area contributed by atoms with Gasteiger partial charge in [0.2, 0.25) is 15.9 Å². The lowest BCUT2D eigenvalue weighted by atomic mass is 10.2. The number of anilines is 2. The number of benzene rings is 2. The van der Waals surface area contributed by atoms with Crippen molar-refractivity contribution in [2.45, 2.75) is 12.8 Å². The summed E-state index contributed by atoms with van der Waals surface area (Å²) in [6.45, 7) is 0.0297. The van der Waals surface area contributed by atoms with Crippen molar-refractivity contribution in [1.82, 2.24) is 0 Å². The van der Waals surface area contributed by atoms with Crippen LogP contribution in [0.1, 0.15) is 12.8 Å². The molecule has 0 saturated heterocycles. The average Bonchev–Trinajstić information content (AvgIpc) is 2.52. The molecular weight excluding hydrogens is 331 g/mol. The molecule has 128 valence electrons. The molecule has 24 heavy (non-hydrogen) atoms. The summed E-state index contributed by atoms with van der Waals surface area (Å²) in [7, 11) is -3.64. The minimum atomic E-state index is -3.64. The predicted molar refractivity (Wildman–Crippen MR) is 92.9 cm³/mol. The van der Waals surface area contributed by atoms with E-state index in [2.05, 4.69) is 5.32 Å². The number of hydrogen-bond donors (Lipinski definition) is 1. The van der Waals surface area contributed by atoms with Crippen molar-refractivity contribution < 1.29 is 17.6 Å². The van der Waals surface area contributed by atoms with E-state index in [1.807, 2.05) is 6.07 Å². The molecule has 0 atom stereocenters. The topological polar surface area (TPSA) is 66.5 Å². The minimum Gasteiger partial charge on any atom is -0.326 e. The largest absolute Gasteiger partial charge is 0.326 e. The standard InChI is InChI=1S/C17H19FN2O3S/c1-24(22,23)20(16-11-6-5-10-15(16)18)13-7-12-17(21)19-14-8-3-2-4-9-14/h2-6,8-11H,7,12-13H2,1H3,(H,19,21). The van der Waals surface area contributed by atoms with Crippen LogP contribution in [-0.4, -0.2) is 27.1 Å². The highest BCUT2D eigenvalue weighted by Gasteiger charge is 2.20. The van der Waals surface area contributed by atoms with Gasteiger partial charge in [0.25, 0.3) is 0 Å². The first-order chi connectivity index (χ1) is 11.4. The second kappa shape index (κ2) is 7.92. The Balaban J connectivity index is 1.97. The highest BCUT2D eigenvalue weighted by Crippen LogP contribution is 2.21. The Morgan fingerprint density at radius 3 is 2.33 bits per heavy atom. The fourth-order valence-electron chi connectivity index (χ4n) is 2.25. The van der Waals surface area contributed by atoms with Gasteiger partial charge < -0.3 is 5.32 Å². The van der Waals surface area contributed by atoms with Crippen molar-refractivity contribution in [1.29, 1.82) is 0 Å². The maximum atomic E-state index is 13.9. The van der Waals surface area contributed by atoms with E-state index >= 15 is 0 Å². The third-order valence-corrected chi connectivity index (χ3v) is 4.52. The monoisotopic (exact) mass is 350 g/mol. The van der Waals surface area contributed by atoms with Crippen LogP contribution < -0.4 is 9.62 Å². The molecule has 0 fully saturated rings. The SMILES string of the molecule is CS(=O)(=O)N(CCCC(=O)Nc1ccccc1)c1ccccc1F. The van der Waals surface area contributed by atoms with Crippen LogP contribution in [0.4, 0.5) is 15.8 Å². The van der Waals surface area contributed by atoms with Gasteiger partial charge in [0, 0.05) is 18.7 Å². The average molecular weight is 350 g/mol. The molecular formula is C17H19FN2O3S. The number of carbonyl (C=O) groups is 1. The number of sulfonamides is 1. The van der Waals surface area contributed by atoms with E-state index in [1.165, 1.54) is 18.2 Å². The number of amides is 1. The van der Waals surface area contributed by atoms with Gasteiger partial charge in [0.1, 0.15) is 5.82 Å². The van der Waals surface area contributed by atoms with Crippen LogP contribution >= 0.6 is 0 Å². The van der Waals surface area contributed by atoms with E-state index in [0.29, 0.717) is 5.69 Å². The number of carbonyl (C=O) groups excluding carboxylic acids is 1. The summed E-state index contributed by atoms with van der Waals surface area (Å²) in [5.41, 5.74) is 0.667. The van der Waals surface area contributed by atoms with Crippen LogP contribution in [0.5, 0.6) is 0 Å². The predicted octanol–water partition coefficient (Wildman–Crippen LogP) is 3.01. The van der Waals surface area contributed by atoms with E-state index in [0.717, 1.165) is 10.6 Å². The molecule has 0 unspecified atom stereocenters. The second-order valence-corrected chi connectivity index (χ2v) is 7.21. The number of rotatable bonds is 7. The molecule has 0 aliphatic heterocycles. The normalized spacial score (nSPS) is 11.1. The third-order valence-electron chi connectivity index (χ3n) is 3.34. The van der Waals surface area contributed by atoms with Gasteiger partial charge in [-0.05, 0) is 30.7 Å². The molecule has 1 N–H and O–H groups in total. The first-order valence-corrected chi connectivity index (χ1v) is 9.30. The van der Waals surface area contributed by atoms with Gasteiger partial charge in [0.05, 0.1) is 11.9 Å². The van der Waals surface area contributed by atoms with E-state index < -0.39 is 15.8 Å². The Labute approximate surface area is 141 Å². The summed E-state index contributed by atoms with van der Waals surface area (Å²) in [6, 6.07) is 14.6. The molecule has 0 heterocycles. The fourth-order valence-corrected chi connectivity index (χ4v) is 3.21. The van der Waals surface area contributed by atoms with Crippen LogP contribution in [0.25, 0.3) is 0 Å². The number of nitrogens with one attached hydrogen (secondary N) is 1. The quantitative estimate of drug-likeness (QED) is 0.835. The molecule has 7 heteroatoms.